The summed E-state index contributed by atoms with van der Waals surface area (Å²) >= 11 is 0. The molecule has 1 saturated carbocycles. The van der Waals surface area contributed by atoms with Gasteiger partial charge in [-0.3, -0.25) is 4.79 Å². The van der Waals surface area contributed by atoms with Gasteiger partial charge < -0.3 is 16.4 Å². The zero-order valence-corrected chi connectivity index (χ0v) is 13.2. The lowest BCUT2D eigenvalue weighted by molar-refractivity contribution is 0.100. The highest BCUT2D eigenvalue weighted by Crippen LogP contribution is 2.24. The molecule has 0 heterocycles. The first kappa shape index (κ1) is 15.7. The Morgan fingerprint density at radius 2 is 1.89 bits per heavy atom. The average Bonchev–Trinajstić information content (AvgIpc) is 3.19. The molecule has 0 aliphatic heterocycles. The van der Waals surface area contributed by atoms with Crippen LogP contribution in [0.1, 0.15) is 28.8 Å². The van der Waals surface area contributed by atoms with E-state index in [1.807, 2.05) is 24.1 Å². The molecule has 0 atom stereocenters. The largest absolute Gasteiger partial charge is 0.370 e. The van der Waals surface area contributed by atoms with Crippen LogP contribution in [-0.2, 0) is 6.54 Å². The number of hydrogen-bond acceptors (Lipinski definition) is 2. The number of amides is 1. The second-order valence-electron chi connectivity index (χ2n) is 4.58. The van der Waals surface area contributed by atoms with Crippen molar-refractivity contribution in [3.05, 3.63) is 35.4 Å². The summed E-state index contributed by atoms with van der Waals surface area (Å²) in [7, 11) is 1.96. The predicted octanol–water partition coefficient (Wildman–Crippen LogP) is 1.31. The van der Waals surface area contributed by atoms with E-state index in [0.29, 0.717) is 24.1 Å². The molecule has 1 aromatic rings. The van der Waals surface area contributed by atoms with Crippen LogP contribution in [0.15, 0.2) is 29.3 Å². The number of hydrogen-bond donors (Lipinski definition) is 2. The van der Waals surface area contributed by atoms with Crippen molar-refractivity contribution in [3.8, 4) is 0 Å². The Kier molecular flexibility index (Phi) is 5.59. The molecule has 5 nitrogen and oxygen atoms in total. The third-order valence-electron chi connectivity index (χ3n) is 3.12. The second kappa shape index (κ2) is 6.74. The summed E-state index contributed by atoms with van der Waals surface area (Å²) in [6.07, 6.45) is 2.39. The van der Waals surface area contributed by atoms with Crippen molar-refractivity contribution in [3.63, 3.8) is 0 Å². The number of primary amides is 1. The predicted molar refractivity (Wildman–Crippen MR) is 86.5 cm³/mol. The maximum atomic E-state index is 10.9. The molecule has 1 amide bonds. The highest BCUT2D eigenvalue weighted by atomic mass is 127. The minimum absolute atomic E-state index is 0. The molecule has 0 unspecified atom stereocenters. The van der Waals surface area contributed by atoms with E-state index < -0.39 is 5.91 Å². The molecule has 0 aromatic heterocycles. The molecule has 1 aliphatic rings. The van der Waals surface area contributed by atoms with Gasteiger partial charge in [0.2, 0.25) is 5.91 Å². The van der Waals surface area contributed by atoms with Gasteiger partial charge in [0, 0.05) is 18.7 Å². The normalized spacial score (nSPS) is 14.7. The number of nitrogens with zero attached hydrogens (tertiary/aromatic N) is 2. The number of nitrogens with two attached hydrogens (primary N) is 2. The SMILES string of the molecule is CN(C(N)=NCc1ccc(C(N)=O)cc1)C1CC1.I. The molecule has 6 heteroatoms. The van der Waals surface area contributed by atoms with Crippen molar-refractivity contribution in [1.82, 2.24) is 4.90 Å². The summed E-state index contributed by atoms with van der Waals surface area (Å²) < 4.78 is 0. The average molecular weight is 374 g/mol. The number of carbonyl (C=O) groups excluding carboxylic acids is 1. The Morgan fingerprint density at radius 1 is 1.32 bits per heavy atom. The third kappa shape index (κ3) is 4.38. The number of aliphatic imine (C=N–C) groups is 1. The Balaban J connectivity index is 0.00000180. The van der Waals surface area contributed by atoms with Crippen molar-refractivity contribution >= 4 is 35.8 Å². The van der Waals surface area contributed by atoms with Crippen molar-refractivity contribution < 1.29 is 4.79 Å². The van der Waals surface area contributed by atoms with Gasteiger partial charge in [-0.25, -0.2) is 4.99 Å². The number of guanidine groups is 1. The Labute approximate surface area is 130 Å². The summed E-state index contributed by atoms with van der Waals surface area (Å²) in [6.45, 7) is 0.516. The molecule has 1 fully saturated rings. The zero-order chi connectivity index (χ0) is 13.1. The fourth-order valence-electron chi connectivity index (χ4n) is 1.71. The molecule has 4 N–H and O–H groups in total. The first-order valence-electron chi connectivity index (χ1n) is 5.99. The maximum Gasteiger partial charge on any atom is 0.248 e. The topological polar surface area (TPSA) is 84.7 Å². The molecule has 2 rings (SSSR count). The van der Waals surface area contributed by atoms with Crippen molar-refractivity contribution in [2.75, 3.05) is 7.05 Å². The molecule has 0 bridgehead atoms. The number of halogens is 1. The standard InChI is InChI=1S/C13H18N4O.HI/c1-17(11-6-7-11)13(15)16-8-9-2-4-10(5-3-9)12(14)18;/h2-5,11H,6-8H2,1H3,(H2,14,18)(H2,15,16);1H. The third-order valence-corrected chi connectivity index (χ3v) is 3.12. The number of carbonyl (C=O) groups is 1. The summed E-state index contributed by atoms with van der Waals surface area (Å²) in [6, 6.07) is 7.65. The van der Waals surface area contributed by atoms with E-state index in [0.717, 1.165) is 5.56 Å². The van der Waals surface area contributed by atoms with Crippen LogP contribution in [0.4, 0.5) is 0 Å². The first-order valence-corrected chi connectivity index (χ1v) is 5.99. The zero-order valence-electron chi connectivity index (χ0n) is 10.9. The van der Waals surface area contributed by atoms with E-state index in [-0.39, 0.29) is 24.0 Å². The van der Waals surface area contributed by atoms with Gasteiger partial charge in [-0.2, -0.15) is 0 Å². The first-order chi connectivity index (χ1) is 8.58. The van der Waals surface area contributed by atoms with Gasteiger partial charge in [-0.05, 0) is 30.5 Å². The molecule has 1 aromatic carbocycles. The van der Waals surface area contributed by atoms with Crippen molar-refractivity contribution in [1.29, 1.82) is 0 Å². The van der Waals surface area contributed by atoms with Crippen LogP contribution < -0.4 is 11.5 Å². The van der Waals surface area contributed by atoms with E-state index in [9.17, 15) is 4.79 Å². The van der Waals surface area contributed by atoms with Crippen molar-refractivity contribution in [2.45, 2.75) is 25.4 Å². The molecule has 104 valence electrons. The van der Waals surface area contributed by atoms with Gasteiger partial charge in [-0.1, -0.05) is 12.1 Å². The maximum absolute atomic E-state index is 10.9. The van der Waals surface area contributed by atoms with Gasteiger partial charge in [0.25, 0.3) is 0 Å². The molecule has 0 radical (unpaired) electrons. The van der Waals surface area contributed by atoms with E-state index >= 15 is 0 Å². The second-order valence-corrected chi connectivity index (χ2v) is 4.58. The number of rotatable bonds is 4. The van der Waals surface area contributed by atoms with Gasteiger partial charge in [0.05, 0.1) is 6.54 Å². The molecule has 0 saturated heterocycles. The van der Waals surface area contributed by atoms with Crippen LogP contribution in [0.5, 0.6) is 0 Å². The summed E-state index contributed by atoms with van der Waals surface area (Å²) in [5.41, 5.74) is 12.6. The van der Waals surface area contributed by atoms with E-state index in [4.69, 9.17) is 11.5 Å². The lowest BCUT2D eigenvalue weighted by Gasteiger charge is -2.16. The van der Waals surface area contributed by atoms with Crippen LogP contribution in [0.3, 0.4) is 0 Å². The molecular formula is C13H19IN4O. The quantitative estimate of drug-likeness (QED) is 0.474. The van der Waals surface area contributed by atoms with E-state index in [1.165, 1.54) is 12.8 Å². The monoisotopic (exact) mass is 374 g/mol. The smallest absolute Gasteiger partial charge is 0.248 e. The fourth-order valence-corrected chi connectivity index (χ4v) is 1.71. The Hall–Kier alpha value is -1.31. The van der Waals surface area contributed by atoms with Gasteiger partial charge in [0.15, 0.2) is 5.96 Å². The molecule has 0 spiro atoms. The van der Waals surface area contributed by atoms with E-state index in [2.05, 4.69) is 4.99 Å². The van der Waals surface area contributed by atoms with Gasteiger partial charge >= 0.3 is 0 Å². The number of benzene rings is 1. The van der Waals surface area contributed by atoms with Gasteiger partial charge in [-0.15, -0.1) is 24.0 Å². The fraction of sp³-hybridized carbons (Fsp3) is 0.385. The van der Waals surface area contributed by atoms with E-state index in [1.54, 1.807) is 12.1 Å². The highest BCUT2D eigenvalue weighted by molar-refractivity contribution is 14.0. The summed E-state index contributed by atoms with van der Waals surface area (Å²) in [5.74, 6) is 0.148. The van der Waals surface area contributed by atoms with Crippen molar-refractivity contribution in [2.24, 2.45) is 16.5 Å². The minimum atomic E-state index is -0.418. The highest BCUT2D eigenvalue weighted by Gasteiger charge is 2.27. The lowest BCUT2D eigenvalue weighted by atomic mass is 10.1. The Morgan fingerprint density at radius 3 is 2.37 bits per heavy atom. The van der Waals surface area contributed by atoms with Crippen LogP contribution in [0.25, 0.3) is 0 Å². The lowest BCUT2D eigenvalue weighted by Crippen LogP contribution is -2.35. The molecular weight excluding hydrogens is 355 g/mol. The van der Waals surface area contributed by atoms with Crippen LogP contribution in [-0.4, -0.2) is 29.9 Å². The van der Waals surface area contributed by atoms with Crippen LogP contribution in [0.2, 0.25) is 0 Å². The summed E-state index contributed by atoms with van der Waals surface area (Å²) in [4.78, 5) is 17.3. The van der Waals surface area contributed by atoms with Gasteiger partial charge in [0.1, 0.15) is 0 Å². The Bertz CT molecular complexity index is 468. The van der Waals surface area contributed by atoms with Crippen LogP contribution >= 0.6 is 24.0 Å². The molecule has 19 heavy (non-hydrogen) atoms. The summed E-state index contributed by atoms with van der Waals surface area (Å²) in [5, 5.41) is 0. The minimum Gasteiger partial charge on any atom is -0.370 e. The van der Waals surface area contributed by atoms with Crippen LogP contribution in [0, 0.1) is 0 Å². The molecule has 1 aliphatic carbocycles.